The molecule has 0 aliphatic heterocycles. The first-order chi connectivity index (χ1) is 7.97. The molecule has 0 bridgehead atoms. The summed E-state index contributed by atoms with van der Waals surface area (Å²) in [7, 11) is 1.84. The predicted octanol–water partition coefficient (Wildman–Crippen LogP) is 3.83. The highest BCUT2D eigenvalue weighted by Gasteiger charge is 2.10. The average molecular weight is 292 g/mol. The molecule has 0 aromatic carbocycles. The van der Waals surface area contributed by atoms with Crippen LogP contribution in [0.4, 0.5) is 11.5 Å². The Kier molecular flexibility index (Phi) is 3.47. The number of nitrogens with one attached hydrogen (secondary N) is 1. The number of anilines is 2. The van der Waals surface area contributed by atoms with Gasteiger partial charge >= 0.3 is 0 Å². The highest BCUT2D eigenvalue weighted by Crippen LogP contribution is 2.31. The summed E-state index contributed by atoms with van der Waals surface area (Å²) in [4.78, 5) is 4.07. The summed E-state index contributed by atoms with van der Waals surface area (Å²) in [6.45, 7) is 1.88. The molecule has 4 nitrogen and oxygen atoms in total. The lowest BCUT2D eigenvalue weighted by Crippen LogP contribution is -1.95. The van der Waals surface area contributed by atoms with Crippen molar-refractivity contribution in [2.45, 2.75) is 6.92 Å². The van der Waals surface area contributed by atoms with Crippen molar-refractivity contribution < 1.29 is 0 Å². The van der Waals surface area contributed by atoms with Crippen LogP contribution in [0.15, 0.2) is 12.3 Å². The molecule has 2 aromatic rings. The van der Waals surface area contributed by atoms with Crippen molar-refractivity contribution in [3.63, 3.8) is 0 Å². The van der Waals surface area contributed by atoms with Crippen LogP contribution in [0.25, 0.3) is 0 Å². The van der Waals surface area contributed by atoms with Gasteiger partial charge in [-0.1, -0.05) is 34.8 Å². The molecule has 1 N–H and O–H groups in total. The Morgan fingerprint density at radius 1 is 1.24 bits per heavy atom. The van der Waals surface area contributed by atoms with E-state index in [1.807, 2.05) is 20.2 Å². The van der Waals surface area contributed by atoms with E-state index in [2.05, 4.69) is 15.4 Å². The van der Waals surface area contributed by atoms with Crippen LogP contribution < -0.4 is 5.32 Å². The predicted molar refractivity (Wildman–Crippen MR) is 70.5 cm³/mol. The molecular formula is C10H9Cl3N4. The molecule has 2 aromatic heterocycles. The molecule has 0 unspecified atom stereocenters. The van der Waals surface area contributed by atoms with Crippen molar-refractivity contribution in [1.29, 1.82) is 0 Å². The van der Waals surface area contributed by atoms with Crippen LogP contribution in [-0.2, 0) is 7.05 Å². The zero-order valence-electron chi connectivity index (χ0n) is 9.13. The van der Waals surface area contributed by atoms with Gasteiger partial charge in [0, 0.05) is 13.2 Å². The Morgan fingerprint density at radius 3 is 2.53 bits per heavy atom. The van der Waals surface area contributed by atoms with Crippen molar-refractivity contribution in [1.82, 2.24) is 14.8 Å². The number of hydrogen-bond acceptors (Lipinski definition) is 3. The zero-order chi connectivity index (χ0) is 12.6. The van der Waals surface area contributed by atoms with E-state index in [0.717, 1.165) is 11.4 Å². The van der Waals surface area contributed by atoms with Crippen molar-refractivity contribution >= 4 is 46.3 Å². The molecule has 90 valence electrons. The minimum Gasteiger partial charge on any atom is -0.336 e. The van der Waals surface area contributed by atoms with E-state index in [4.69, 9.17) is 34.8 Å². The number of rotatable bonds is 2. The van der Waals surface area contributed by atoms with Gasteiger partial charge in [-0.3, -0.25) is 4.68 Å². The van der Waals surface area contributed by atoms with Crippen LogP contribution in [0.3, 0.4) is 0 Å². The molecule has 2 rings (SSSR count). The Labute approximate surface area is 114 Å². The molecule has 0 atom stereocenters. The van der Waals surface area contributed by atoms with Gasteiger partial charge in [0.25, 0.3) is 0 Å². The minimum atomic E-state index is 0.208. The van der Waals surface area contributed by atoms with Gasteiger partial charge in [0.2, 0.25) is 0 Å². The second kappa shape index (κ2) is 4.72. The Balaban J connectivity index is 2.36. The minimum absolute atomic E-state index is 0.208. The molecule has 0 amide bonds. The van der Waals surface area contributed by atoms with Crippen LogP contribution in [0, 0.1) is 6.92 Å². The van der Waals surface area contributed by atoms with E-state index >= 15 is 0 Å². The third kappa shape index (κ3) is 2.65. The Hall–Kier alpha value is -0.970. The van der Waals surface area contributed by atoms with Crippen LogP contribution >= 0.6 is 34.8 Å². The van der Waals surface area contributed by atoms with Gasteiger partial charge in [-0.2, -0.15) is 5.10 Å². The molecular weight excluding hydrogens is 282 g/mol. The van der Waals surface area contributed by atoms with Gasteiger partial charge in [-0.25, -0.2) is 4.98 Å². The van der Waals surface area contributed by atoms with Crippen molar-refractivity contribution in [2.24, 2.45) is 7.05 Å². The van der Waals surface area contributed by atoms with Gasteiger partial charge in [0.05, 0.1) is 21.4 Å². The van der Waals surface area contributed by atoms with Gasteiger partial charge in [0.1, 0.15) is 5.15 Å². The molecule has 0 spiro atoms. The van der Waals surface area contributed by atoms with Crippen molar-refractivity contribution in [2.75, 3.05) is 5.32 Å². The number of pyridine rings is 1. The standard InChI is InChI=1S/C10H9Cl3N4/c1-5-8(4-17(2)16-5)14-10-7(12)3-6(11)9(13)15-10/h3-4H,1-2H3,(H,14,15). The molecule has 0 saturated heterocycles. The summed E-state index contributed by atoms with van der Waals surface area (Å²) in [5.74, 6) is 0.456. The van der Waals surface area contributed by atoms with Crippen molar-refractivity contribution in [3.05, 3.63) is 33.2 Å². The van der Waals surface area contributed by atoms with Gasteiger partial charge in [0.15, 0.2) is 5.82 Å². The van der Waals surface area contributed by atoms with Crippen LogP contribution in [-0.4, -0.2) is 14.8 Å². The third-order valence-corrected chi connectivity index (χ3v) is 3.11. The maximum atomic E-state index is 6.02. The number of aryl methyl sites for hydroxylation is 2. The second-order valence-corrected chi connectivity index (χ2v) is 4.69. The van der Waals surface area contributed by atoms with Crippen molar-refractivity contribution in [3.8, 4) is 0 Å². The fraction of sp³-hybridized carbons (Fsp3) is 0.200. The first-order valence-electron chi connectivity index (χ1n) is 4.76. The van der Waals surface area contributed by atoms with E-state index in [1.165, 1.54) is 0 Å². The SMILES string of the molecule is Cc1nn(C)cc1Nc1nc(Cl)c(Cl)cc1Cl. The van der Waals surface area contributed by atoms with E-state index < -0.39 is 0 Å². The quantitative estimate of drug-likeness (QED) is 0.855. The monoisotopic (exact) mass is 290 g/mol. The third-order valence-electron chi connectivity index (χ3n) is 2.15. The molecule has 7 heteroatoms. The number of aromatic nitrogens is 3. The molecule has 0 radical (unpaired) electrons. The fourth-order valence-electron chi connectivity index (χ4n) is 1.38. The van der Waals surface area contributed by atoms with Crippen LogP contribution in [0.5, 0.6) is 0 Å². The summed E-state index contributed by atoms with van der Waals surface area (Å²) in [6, 6.07) is 1.55. The molecule has 2 heterocycles. The lowest BCUT2D eigenvalue weighted by molar-refractivity contribution is 0.756. The Bertz CT molecular complexity index is 565. The van der Waals surface area contributed by atoms with Gasteiger partial charge < -0.3 is 5.32 Å². The number of nitrogens with zero attached hydrogens (tertiary/aromatic N) is 3. The Morgan fingerprint density at radius 2 is 1.94 bits per heavy atom. The van der Waals surface area contributed by atoms with Crippen LogP contribution in [0.1, 0.15) is 5.69 Å². The molecule has 0 fully saturated rings. The molecule has 17 heavy (non-hydrogen) atoms. The maximum Gasteiger partial charge on any atom is 0.151 e. The molecule has 0 saturated carbocycles. The fourth-order valence-corrected chi connectivity index (χ4v) is 1.93. The smallest absolute Gasteiger partial charge is 0.151 e. The average Bonchev–Trinajstić information content (AvgIpc) is 2.54. The highest BCUT2D eigenvalue weighted by molar-refractivity contribution is 6.43. The van der Waals surface area contributed by atoms with E-state index in [-0.39, 0.29) is 5.15 Å². The topological polar surface area (TPSA) is 42.7 Å². The lowest BCUT2D eigenvalue weighted by atomic mass is 10.4. The second-order valence-electron chi connectivity index (χ2n) is 3.52. The summed E-state index contributed by atoms with van der Waals surface area (Å²) in [6.07, 6.45) is 1.83. The highest BCUT2D eigenvalue weighted by atomic mass is 35.5. The van der Waals surface area contributed by atoms with E-state index in [1.54, 1.807) is 10.7 Å². The van der Waals surface area contributed by atoms with E-state index in [0.29, 0.717) is 15.9 Å². The summed E-state index contributed by atoms with van der Waals surface area (Å²) in [5.41, 5.74) is 1.66. The first-order valence-corrected chi connectivity index (χ1v) is 5.89. The summed E-state index contributed by atoms with van der Waals surface area (Å²) >= 11 is 17.7. The maximum absolute atomic E-state index is 6.02. The number of halogens is 3. The molecule has 0 aliphatic rings. The summed E-state index contributed by atoms with van der Waals surface area (Å²) < 4.78 is 1.70. The van der Waals surface area contributed by atoms with E-state index in [9.17, 15) is 0 Å². The summed E-state index contributed by atoms with van der Waals surface area (Å²) in [5, 5.41) is 8.20. The molecule has 0 aliphatic carbocycles. The lowest BCUT2D eigenvalue weighted by Gasteiger charge is -2.07. The zero-order valence-corrected chi connectivity index (χ0v) is 11.4. The largest absolute Gasteiger partial charge is 0.336 e. The number of hydrogen-bond donors (Lipinski definition) is 1. The normalized spacial score (nSPS) is 10.6. The van der Waals surface area contributed by atoms with Crippen LogP contribution in [0.2, 0.25) is 15.2 Å². The first kappa shape index (κ1) is 12.5. The van der Waals surface area contributed by atoms with Gasteiger partial charge in [-0.05, 0) is 13.0 Å². The van der Waals surface area contributed by atoms with Gasteiger partial charge in [-0.15, -0.1) is 0 Å².